The summed E-state index contributed by atoms with van der Waals surface area (Å²) >= 11 is 0. The van der Waals surface area contributed by atoms with Crippen LogP contribution in [0.15, 0.2) is 23.3 Å². The van der Waals surface area contributed by atoms with Crippen LogP contribution < -0.4 is 15.4 Å². The molecule has 162 valence electrons. The SMILES string of the molecule is CN(C)C1CCCN(c2cc(-c3cnc4c(c3)CCCO4)c3c(c2C(N)=O)CC=N3)C1. The van der Waals surface area contributed by atoms with Gasteiger partial charge < -0.3 is 20.3 Å². The molecule has 0 aliphatic carbocycles. The number of amides is 1. The molecule has 0 radical (unpaired) electrons. The van der Waals surface area contributed by atoms with Crippen molar-refractivity contribution in [2.24, 2.45) is 10.7 Å². The van der Waals surface area contributed by atoms with Crippen molar-refractivity contribution in [3.63, 3.8) is 0 Å². The Labute approximate surface area is 182 Å². The van der Waals surface area contributed by atoms with Crippen molar-refractivity contribution < 1.29 is 9.53 Å². The average Bonchev–Trinajstić information content (AvgIpc) is 3.27. The molecule has 5 rings (SSSR count). The van der Waals surface area contributed by atoms with Crippen LogP contribution in [-0.4, -0.2) is 61.8 Å². The summed E-state index contributed by atoms with van der Waals surface area (Å²) in [6, 6.07) is 4.72. The van der Waals surface area contributed by atoms with E-state index in [2.05, 4.69) is 46.0 Å². The van der Waals surface area contributed by atoms with E-state index in [4.69, 9.17) is 10.5 Å². The standard InChI is InChI=1S/C24H29N5O2/c1-28(2)17-6-3-9-29(14-17)20-12-19(22-18(7-8-26-22)21(20)23(25)30)16-11-15-5-4-10-31-24(15)27-13-16/h8,11-13,17H,3-7,9-10,14H2,1-2H3,(H2,25,30). The summed E-state index contributed by atoms with van der Waals surface area (Å²) < 4.78 is 5.70. The normalized spacial score (nSPS) is 19.8. The second-order valence-corrected chi connectivity index (χ2v) is 8.87. The molecule has 1 fully saturated rings. The molecule has 3 aliphatic heterocycles. The van der Waals surface area contributed by atoms with Crippen LogP contribution >= 0.6 is 0 Å². The number of benzene rings is 1. The number of anilines is 1. The summed E-state index contributed by atoms with van der Waals surface area (Å²) in [5.74, 6) is 0.348. The first kappa shape index (κ1) is 20.0. The van der Waals surface area contributed by atoms with Crippen LogP contribution in [0.25, 0.3) is 11.1 Å². The summed E-state index contributed by atoms with van der Waals surface area (Å²) in [6.45, 7) is 2.51. The van der Waals surface area contributed by atoms with Crippen LogP contribution in [0.2, 0.25) is 0 Å². The molecule has 1 aromatic carbocycles. The first-order valence-electron chi connectivity index (χ1n) is 11.1. The van der Waals surface area contributed by atoms with Gasteiger partial charge in [0.2, 0.25) is 5.88 Å². The topological polar surface area (TPSA) is 84.0 Å². The maximum atomic E-state index is 12.6. The van der Waals surface area contributed by atoms with Crippen LogP contribution in [-0.2, 0) is 12.8 Å². The number of rotatable bonds is 4. The van der Waals surface area contributed by atoms with Gasteiger partial charge in [0.1, 0.15) is 0 Å². The van der Waals surface area contributed by atoms with Crippen LogP contribution in [0.3, 0.4) is 0 Å². The zero-order chi connectivity index (χ0) is 21.5. The number of nitrogens with two attached hydrogens (primary N) is 1. The molecule has 1 saturated heterocycles. The Balaban J connectivity index is 1.64. The number of piperidine rings is 1. The minimum atomic E-state index is -0.382. The minimum Gasteiger partial charge on any atom is -0.477 e. The summed E-state index contributed by atoms with van der Waals surface area (Å²) in [5, 5.41) is 0. The van der Waals surface area contributed by atoms with Gasteiger partial charge >= 0.3 is 0 Å². The number of hydrogen-bond acceptors (Lipinski definition) is 6. The fourth-order valence-corrected chi connectivity index (χ4v) is 5.01. The number of carbonyl (C=O) groups excluding carboxylic acids is 1. The van der Waals surface area contributed by atoms with Crippen molar-refractivity contribution in [3.05, 3.63) is 35.0 Å². The van der Waals surface area contributed by atoms with Crippen molar-refractivity contribution in [1.82, 2.24) is 9.88 Å². The molecule has 7 nitrogen and oxygen atoms in total. The maximum absolute atomic E-state index is 12.6. The fourth-order valence-electron chi connectivity index (χ4n) is 5.01. The molecule has 1 amide bonds. The summed E-state index contributed by atoms with van der Waals surface area (Å²) in [5.41, 5.74) is 12.4. The highest BCUT2D eigenvalue weighted by Gasteiger charge is 2.30. The molecule has 4 heterocycles. The van der Waals surface area contributed by atoms with Crippen LogP contribution in [0.1, 0.15) is 40.7 Å². The largest absolute Gasteiger partial charge is 0.477 e. The Hall–Kier alpha value is -2.93. The van der Waals surface area contributed by atoms with E-state index in [1.54, 1.807) is 0 Å². The number of aliphatic imine (C=N–C) groups is 1. The summed E-state index contributed by atoms with van der Waals surface area (Å²) in [4.78, 5) is 26.4. The molecule has 0 saturated carbocycles. The van der Waals surface area contributed by atoms with Crippen LogP contribution in [0, 0.1) is 0 Å². The van der Waals surface area contributed by atoms with E-state index in [0.717, 1.165) is 84.9 Å². The highest BCUT2D eigenvalue weighted by Crippen LogP contribution is 2.44. The van der Waals surface area contributed by atoms with Crippen molar-refractivity contribution in [1.29, 1.82) is 0 Å². The third-order valence-corrected chi connectivity index (χ3v) is 6.68. The van der Waals surface area contributed by atoms with Crippen molar-refractivity contribution in [2.75, 3.05) is 38.7 Å². The number of aromatic nitrogens is 1. The number of aryl methyl sites for hydroxylation is 1. The molecule has 1 aromatic heterocycles. The lowest BCUT2D eigenvalue weighted by Gasteiger charge is -2.38. The van der Waals surface area contributed by atoms with Gasteiger partial charge in [-0.15, -0.1) is 0 Å². The molecule has 7 heteroatoms. The zero-order valence-corrected chi connectivity index (χ0v) is 18.2. The Bertz CT molecular complexity index is 1060. The number of pyridine rings is 1. The van der Waals surface area contributed by atoms with E-state index < -0.39 is 0 Å². The Morgan fingerprint density at radius 3 is 2.97 bits per heavy atom. The number of hydrogen-bond donors (Lipinski definition) is 1. The third kappa shape index (κ3) is 3.57. The van der Waals surface area contributed by atoms with Gasteiger partial charge in [-0.3, -0.25) is 9.79 Å². The molecule has 3 aliphatic rings. The highest BCUT2D eigenvalue weighted by molar-refractivity contribution is 6.06. The van der Waals surface area contributed by atoms with Gasteiger partial charge in [-0.05, 0) is 57.5 Å². The highest BCUT2D eigenvalue weighted by atomic mass is 16.5. The number of carbonyl (C=O) groups is 1. The Kier molecular flexibility index (Phi) is 5.14. The molecule has 0 bridgehead atoms. The van der Waals surface area contributed by atoms with E-state index in [1.807, 2.05) is 12.4 Å². The smallest absolute Gasteiger partial charge is 0.251 e. The van der Waals surface area contributed by atoms with Crippen molar-refractivity contribution in [2.45, 2.75) is 38.1 Å². The molecule has 31 heavy (non-hydrogen) atoms. The van der Waals surface area contributed by atoms with Gasteiger partial charge in [0.05, 0.1) is 23.5 Å². The van der Waals surface area contributed by atoms with Gasteiger partial charge in [-0.2, -0.15) is 0 Å². The maximum Gasteiger partial charge on any atom is 0.251 e. The zero-order valence-electron chi connectivity index (χ0n) is 18.2. The van der Waals surface area contributed by atoms with E-state index in [9.17, 15) is 4.79 Å². The summed E-state index contributed by atoms with van der Waals surface area (Å²) in [7, 11) is 4.23. The molecule has 2 aromatic rings. The van der Waals surface area contributed by atoms with Gasteiger partial charge in [-0.1, -0.05) is 0 Å². The lowest BCUT2D eigenvalue weighted by molar-refractivity contribution is 0.1000. The minimum absolute atomic E-state index is 0.382. The summed E-state index contributed by atoms with van der Waals surface area (Å²) in [6.07, 6.45) is 8.57. The first-order valence-corrected chi connectivity index (χ1v) is 11.1. The van der Waals surface area contributed by atoms with E-state index in [1.165, 1.54) is 0 Å². The lowest BCUT2D eigenvalue weighted by atomic mass is 9.92. The Morgan fingerprint density at radius 2 is 2.16 bits per heavy atom. The quantitative estimate of drug-likeness (QED) is 0.824. The van der Waals surface area contributed by atoms with Crippen LogP contribution in [0.5, 0.6) is 5.88 Å². The van der Waals surface area contributed by atoms with E-state index in [0.29, 0.717) is 18.0 Å². The molecule has 0 spiro atoms. The molecule has 1 unspecified atom stereocenters. The van der Waals surface area contributed by atoms with E-state index >= 15 is 0 Å². The number of likely N-dealkylation sites (N-methyl/N-ethyl adjacent to an activating group) is 1. The monoisotopic (exact) mass is 419 g/mol. The second kappa shape index (κ2) is 7.96. The first-order chi connectivity index (χ1) is 15.0. The number of ether oxygens (including phenoxy) is 1. The second-order valence-electron chi connectivity index (χ2n) is 8.87. The molecular weight excluding hydrogens is 390 g/mol. The lowest BCUT2D eigenvalue weighted by Crippen LogP contribution is -2.45. The average molecular weight is 420 g/mol. The number of primary amides is 1. The fraction of sp³-hybridized carbons (Fsp3) is 0.458. The molecule has 1 atom stereocenters. The van der Waals surface area contributed by atoms with Crippen LogP contribution in [0.4, 0.5) is 11.4 Å². The van der Waals surface area contributed by atoms with Gasteiger partial charge in [0.25, 0.3) is 5.91 Å². The predicted octanol–water partition coefficient (Wildman–Crippen LogP) is 2.96. The van der Waals surface area contributed by atoms with Gasteiger partial charge in [0, 0.05) is 54.7 Å². The van der Waals surface area contributed by atoms with E-state index in [-0.39, 0.29) is 5.91 Å². The number of fused-ring (bicyclic) bond motifs is 2. The Morgan fingerprint density at radius 1 is 1.29 bits per heavy atom. The van der Waals surface area contributed by atoms with Crippen molar-refractivity contribution >= 4 is 23.5 Å². The predicted molar refractivity (Wildman–Crippen MR) is 123 cm³/mol. The van der Waals surface area contributed by atoms with Gasteiger partial charge in [0.15, 0.2) is 0 Å². The van der Waals surface area contributed by atoms with Gasteiger partial charge in [-0.25, -0.2) is 4.98 Å². The molecular formula is C24H29N5O2. The third-order valence-electron chi connectivity index (χ3n) is 6.68. The molecule has 2 N–H and O–H groups in total. The van der Waals surface area contributed by atoms with Crippen molar-refractivity contribution in [3.8, 4) is 17.0 Å². The number of nitrogens with zero attached hydrogens (tertiary/aromatic N) is 4.